The zero-order valence-corrected chi connectivity index (χ0v) is 21.3. The van der Waals surface area contributed by atoms with E-state index in [1.807, 2.05) is 0 Å². The minimum Gasteiger partial charge on any atom is -0.493 e. The molecule has 0 aliphatic carbocycles. The fourth-order valence-corrected chi connectivity index (χ4v) is 4.79. The van der Waals surface area contributed by atoms with Gasteiger partial charge in [0, 0.05) is 0 Å². The molecule has 2 aromatic rings. The minimum absolute atomic E-state index is 0.172. The van der Waals surface area contributed by atoms with Crippen molar-refractivity contribution in [3.8, 4) is 11.5 Å². The molecule has 178 valence electrons. The Kier molecular flexibility index (Phi) is 8.20. The first-order valence-electron chi connectivity index (χ1n) is 9.83. The molecule has 1 aliphatic rings. The van der Waals surface area contributed by atoms with Crippen molar-refractivity contribution in [2.45, 2.75) is 19.6 Å². The van der Waals surface area contributed by atoms with E-state index in [4.69, 9.17) is 14.6 Å². The third-order valence-electron chi connectivity index (χ3n) is 4.89. The fourth-order valence-electron chi connectivity index (χ4n) is 3.10. The van der Waals surface area contributed by atoms with Crippen LogP contribution in [-0.2, 0) is 20.9 Å². The van der Waals surface area contributed by atoms with Crippen LogP contribution in [0, 0.1) is 3.57 Å². The van der Waals surface area contributed by atoms with E-state index in [1.165, 1.54) is 33.3 Å². The maximum Gasteiger partial charge on any atom is 0.335 e. The smallest absolute Gasteiger partial charge is 0.335 e. The van der Waals surface area contributed by atoms with Crippen LogP contribution < -0.4 is 9.47 Å². The lowest BCUT2D eigenvalue weighted by atomic mass is 10.1. The first-order chi connectivity index (χ1) is 16.2. The number of thioether (sulfide) groups is 1. The molecule has 2 aromatic carbocycles. The van der Waals surface area contributed by atoms with E-state index in [2.05, 4.69) is 27.3 Å². The maximum absolute atomic E-state index is 12.7. The van der Waals surface area contributed by atoms with E-state index in [0.717, 1.165) is 22.2 Å². The number of carboxylic acid groups (broad SMARTS) is 1. The maximum atomic E-state index is 12.7. The van der Waals surface area contributed by atoms with Gasteiger partial charge in [-0.25, -0.2) is 9.59 Å². The van der Waals surface area contributed by atoms with E-state index in [1.54, 1.807) is 30.3 Å². The predicted molar refractivity (Wildman–Crippen MR) is 133 cm³/mol. The van der Waals surface area contributed by atoms with Crippen LogP contribution in [0.1, 0.15) is 28.4 Å². The third kappa shape index (κ3) is 5.53. The zero-order chi connectivity index (χ0) is 25.0. The van der Waals surface area contributed by atoms with Gasteiger partial charge in [0.05, 0.1) is 28.3 Å². The van der Waals surface area contributed by atoms with Crippen LogP contribution in [0.3, 0.4) is 0 Å². The molecule has 0 radical (unpaired) electrons. The Hall–Kier alpha value is -3.06. The first-order valence-corrected chi connectivity index (χ1v) is 11.7. The second kappa shape index (κ2) is 10.9. The summed E-state index contributed by atoms with van der Waals surface area (Å²) in [5.41, 5.74) is 1.57. The number of esters is 1. The standard InChI is InChI=1S/C23H20INO8S/c1-12(22(29)32-3)25-20(26)18(34-23(25)30)10-14-8-16(24)19(17(9-14)31-2)33-11-13-4-6-15(7-5-13)21(27)28/h4-10,12H,11H2,1-3H3,(H,27,28)/b18-10+/t12-/m1/s1. The molecule has 1 N–H and O–H groups in total. The topological polar surface area (TPSA) is 119 Å². The molecule has 3 rings (SSSR count). The van der Waals surface area contributed by atoms with Gasteiger partial charge in [0.2, 0.25) is 0 Å². The molecule has 1 fully saturated rings. The van der Waals surface area contributed by atoms with Crippen LogP contribution in [0.5, 0.6) is 11.5 Å². The fraction of sp³-hybridized carbons (Fsp3) is 0.217. The lowest BCUT2D eigenvalue weighted by Crippen LogP contribution is -2.42. The summed E-state index contributed by atoms with van der Waals surface area (Å²) < 4.78 is 16.7. The lowest BCUT2D eigenvalue weighted by Gasteiger charge is -2.18. The van der Waals surface area contributed by atoms with Crippen LogP contribution in [0.15, 0.2) is 41.3 Å². The van der Waals surface area contributed by atoms with E-state index in [9.17, 15) is 19.2 Å². The summed E-state index contributed by atoms with van der Waals surface area (Å²) in [6, 6.07) is 8.75. The van der Waals surface area contributed by atoms with Crippen LogP contribution in [0.2, 0.25) is 0 Å². The summed E-state index contributed by atoms with van der Waals surface area (Å²) in [6.07, 6.45) is 1.55. The van der Waals surface area contributed by atoms with Crippen molar-refractivity contribution in [3.05, 3.63) is 61.6 Å². The van der Waals surface area contributed by atoms with Gasteiger partial charge in [-0.15, -0.1) is 0 Å². The van der Waals surface area contributed by atoms with Crippen LogP contribution >= 0.6 is 34.4 Å². The highest BCUT2D eigenvalue weighted by molar-refractivity contribution is 14.1. The molecule has 0 saturated carbocycles. The number of methoxy groups -OCH3 is 2. The molecule has 2 amide bonds. The summed E-state index contributed by atoms with van der Waals surface area (Å²) in [6.45, 7) is 1.62. The number of carboxylic acids is 1. The largest absolute Gasteiger partial charge is 0.493 e. The molecule has 1 saturated heterocycles. The second-order valence-electron chi connectivity index (χ2n) is 7.08. The number of hydrogen-bond acceptors (Lipinski definition) is 8. The monoisotopic (exact) mass is 597 g/mol. The van der Waals surface area contributed by atoms with E-state index in [0.29, 0.717) is 20.6 Å². The Balaban J connectivity index is 1.81. The Labute approximate surface area is 213 Å². The van der Waals surface area contributed by atoms with Gasteiger partial charge in [0.15, 0.2) is 11.5 Å². The van der Waals surface area contributed by atoms with Gasteiger partial charge in [-0.3, -0.25) is 14.5 Å². The van der Waals surface area contributed by atoms with Gasteiger partial charge >= 0.3 is 11.9 Å². The van der Waals surface area contributed by atoms with Crippen LogP contribution in [-0.4, -0.2) is 53.4 Å². The predicted octanol–water partition coefficient (Wildman–Crippen LogP) is 4.17. The Morgan fingerprint density at radius 3 is 2.44 bits per heavy atom. The number of aromatic carboxylic acids is 1. The van der Waals surface area contributed by atoms with Gasteiger partial charge in [-0.05, 0) is 82.7 Å². The molecular formula is C23H20INO8S. The average Bonchev–Trinajstić information content (AvgIpc) is 3.09. The summed E-state index contributed by atoms with van der Waals surface area (Å²) in [7, 11) is 2.67. The SMILES string of the molecule is COC(=O)[C@@H](C)N1C(=O)S/C(=C/c2cc(I)c(OCc3ccc(C(=O)O)cc3)c(OC)c2)C1=O. The van der Waals surface area contributed by atoms with Crippen LogP contribution in [0.25, 0.3) is 6.08 Å². The molecule has 34 heavy (non-hydrogen) atoms. The number of benzene rings is 2. The van der Waals surface area contributed by atoms with Gasteiger partial charge in [-0.2, -0.15) is 0 Å². The van der Waals surface area contributed by atoms with Gasteiger partial charge in [-0.1, -0.05) is 12.1 Å². The number of rotatable bonds is 8. The number of halogens is 1. The number of hydrogen-bond donors (Lipinski definition) is 1. The number of amides is 2. The first kappa shape index (κ1) is 25.6. The minimum atomic E-state index is -1.03. The highest BCUT2D eigenvalue weighted by Gasteiger charge is 2.41. The molecule has 1 atom stereocenters. The number of imide groups is 1. The van der Waals surface area contributed by atoms with Gasteiger partial charge in [0.1, 0.15) is 12.6 Å². The Morgan fingerprint density at radius 1 is 1.18 bits per heavy atom. The molecule has 0 unspecified atom stereocenters. The van der Waals surface area contributed by atoms with Crippen molar-refractivity contribution in [1.29, 1.82) is 0 Å². The van der Waals surface area contributed by atoms with E-state index >= 15 is 0 Å². The molecule has 9 nitrogen and oxygen atoms in total. The second-order valence-corrected chi connectivity index (χ2v) is 9.23. The van der Waals surface area contributed by atoms with Gasteiger partial charge in [0.25, 0.3) is 11.1 Å². The Bertz CT molecular complexity index is 1180. The van der Waals surface area contributed by atoms with Crippen molar-refractivity contribution in [1.82, 2.24) is 4.90 Å². The number of ether oxygens (including phenoxy) is 3. The van der Waals surface area contributed by atoms with E-state index in [-0.39, 0.29) is 17.1 Å². The molecule has 0 aromatic heterocycles. The highest BCUT2D eigenvalue weighted by atomic mass is 127. The number of carbonyl (C=O) groups excluding carboxylic acids is 3. The third-order valence-corrected chi connectivity index (χ3v) is 6.57. The summed E-state index contributed by atoms with van der Waals surface area (Å²) >= 11 is 2.82. The number of carbonyl (C=O) groups is 4. The quantitative estimate of drug-likeness (QED) is 0.272. The average molecular weight is 597 g/mol. The Morgan fingerprint density at radius 2 is 1.85 bits per heavy atom. The summed E-state index contributed by atoms with van der Waals surface area (Å²) in [4.78, 5) is 48.8. The highest BCUT2D eigenvalue weighted by Crippen LogP contribution is 2.38. The van der Waals surface area contributed by atoms with E-state index < -0.39 is 29.1 Å². The number of nitrogens with zero attached hydrogens (tertiary/aromatic N) is 1. The molecule has 1 aliphatic heterocycles. The molecular weight excluding hydrogens is 577 g/mol. The molecule has 11 heteroatoms. The van der Waals surface area contributed by atoms with Crippen molar-refractivity contribution in [3.63, 3.8) is 0 Å². The lowest BCUT2D eigenvalue weighted by molar-refractivity contribution is -0.148. The van der Waals surface area contributed by atoms with Crippen LogP contribution in [0.4, 0.5) is 4.79 Å². The van der Waals surface area contributed by atoms with Crippen molar-refractivity contribution in [2.75, 3.05) is 14.2 Å². The zero-order valence-electron chi connectivity index (χ0n) is 18.4. The summed E-state index contributed by atoms with van der Waals surface area (Å²) in [5.74, 6) is -1.36. The molecule has 0 bridgehead atoms. The summed E-state index contributed by atoms with van der Waals surface area (Å²) in [5, 5.41) is 8.46. The molecule has 0 spiro atoms. The normalized spacial score (nSPS) is 15.4. The molecule has 1 heterocycles. The van der Waals surface area contributed by atoms with Crippen molar-refractivity contribution >= 4 is 63.5 Å². The van der Waals surface area contributed by atoms with Crippen molar-refractivity contribution < 1.29 is 38.5 Å². The van der Waals surface area contributed by atoms with Gasteiger partial charge < -0.3 is 19.3 Å². The van der Waals surface area contributed by atoms with Crippen molar-refractivity contribution in [2.24, 2.45) is 0 Å².